The van der Waals surface area contributed by atoms with Crippen molar-refractivity contribution in [3.05, 3.63) is 18.2 Å². The Labute approximate surface area is 125 Å². The average Bonchev–Trinajstić information content (AvgIpc) is 2.84. The van der Waals surface area contributed by atoms with Crippen molar-refractivity contribution in [1.82, 2.24) is 5.32 Å². The van der Waals surface area contributed by atoms with Crippen LogP contribution in [0.1, 0.15) is 26.7 Å². The van der Waals surface area contributed by atoms with E-state index in [1.807, 2.05) is 0 Å². The van der Waals surface area contributed by atoms with Gasteiger partial charge in [0.1, 0.15) is 0 Å². The van der Waals surface area contributed by atoms with Gasteiger partial charge in [0, 0.05) is 12.1 Å². The maximum atomic E-state index is 12.0. The van der Waals surface area contributed by atoms with Crippen LogP contribution in [0, 0.1) is 0 Å². The van der Waals surface area contributed by atoms with Gasteiger partial charge in [-0.25, -0.2) is 8.42 Å². The first-order valence-electron chi connectivity index (χ1n) is 7.10. The molecule has 0 atom stereocenters. The van der Waals surface area contributed by atoms with Gasteiger partial charge in [-0.2, -0.15) is 0 Å². The fraction of sp³-hybridized carbons (Fsp3) is 0.571. The molecule has 1 aliphatic heterocycles. The van der Waals surface area contributed by atoms with Crippen molar-refractivity contribution in [3.63, 3.8) is 0 Å². The summed E-state index contributed by atoms with van der Waals surface area (Å²) in [6.45, 7) is 5.14. The van der Waals surface area contributed by atoms with Crippen LogP contribution in [-0.2, 0) is 10.0 Å². The molecule has 0 saturated heterocycles. The van der Waals surface area contributed by atoms with E-state index in [0.717, 1.165) is 13.0 Å². The molecular weight excluding hydrogens is 292 g/mol. The summed E-state index contributed by atoms with van der Waals surface area (Å²) < 4.78 is 37.0. The van der Waals surface area contributed by atoms with Crippen molar-refractivity contribution in [2.24, 2.45) is 0 Å². The van der Waals surface area contributed by atoms with Gasteiger partial charge in [0.25, 0.3) is 0 Å². The highest BCUT2D eigenvalue weighted by atomic mass is 32.2. The molecule has 0 saturated carbocycles. The number of unbranched alkanes of at least 4 members (excludes halogenated alkanes) is 1. The van der Waals surface area contributed by atoms with E-state index in [9.17, 15) is 8.42 Å². The van der Waals surface area contributed by atoms with Gasteiger partial charge in [-0.1, -0.05) is 13.8 Å². The summed E-state index contributed by atoms with van der Waals surface area (Å²) in [4.78, 5) is 0. The van der Waals surface area contributed by atoms with Crippen molar-refractivity contribution < 1.29 is 17.9 Å². The second-order valence-electron chi connectivity index (χ2n) is 5.30. The van der Waals surface area contributed by atoms with Gasteiger partial charge in [-0.15, -0.1) is 0 Å². The molecule has 0 radical (unpaired) electrons. The second kappa shape index (κ2) is 7.00. The topological polar surface area (TPSA) is 76.7 Å². The molecule has 21 heavy (non-hydrogen) atoms. The van der Waals surface area contributed by atoms with E-state index < -0.39 is 10.0 Å². The van der Waals surface area contributed by atoms with E-state index >= 15 is 0 Å². The third-order valence-electron chi connectivity index (χ3n) is 3.04. The number of sulfonamides is 1. The molecule has 0 amide bonds. The Hall–Kier alpha value is -1.47. The number of benzene rings is 1. The maximum Gasteiger partial charge on any atom is 0.232 e. The summed E-state index contributed by atoms with van der Waals surface area (Å²) in [5.41, 5.74) is 0.500. The highest BCUT2D eigenvalue weighted by Gasteiger charge is 2.16. The van der Waals surface area contributed by atoms with Gasteiger partial charge < -0.3 is 14.8 Å². The standard InChI is InChI=1S/C14H22N2O4S/c1-11(2)15-7-3-4-8-21(17,18)16-12-5-6-13-14(9-12)20-10-19-13/h5-6,9,11,15-16H,3-4,7-8,10H2,1-2H3. The molecule has 1 aromatic carbocycles. The Morgan fingerprint density at radius 3 is 2.71 bits per heavy atom. The molecule has 0 spiro atoms. The molecule has 0 bridgehead atoms. The van der Waals surface area contributed by atoms with Crippen LogP contribution in [0.25, 0.3) is 0 Å². The SMILES string of the molecule is CC(C)NCCCCS(=O)(=O)Nc1ccc2c(c1)OCO2. The fourth-order valence-electron chi connectivity index (χ4n) is 2.00. The van der Waals surface area contributed by atoms with E-state index in [1.165, 1.54) is 0 Å². The first kappa shape index (κ1) is 15.9. The van der Waals surface area contributed by atoms with E-state index in [0.29, 0.717) is 29.6 Å². The van der Waals surface area contributed by atoms with Crippen molar-refractivity contribution in [1.29, 1.82) is 0 Å². The number of nitrogens with one attached hydrogen (secondary N) is 2. The highest BCUT2D eigenvalue weighted by molar-refractivity contribution is 7.92. The lowest BCUT2D eigenvalue weighted by atomic mass is 10.3. The maximum absolute atomic E-state index is 12.0. The minimum absolute atomic E-state index is 0.112. The molecule has 0 aromatic heterocycles. The van der Waals surface area contributed by atoms with Gasteiger partial charge in [0.15, 0.2) is 11.5 Å². The Bertz CT molecular complexity index is 572. The molecule has 1 heterocycles. The Kier molecular flexibility index (Phi) is 5.30. The summed E-state index contributed by atoms with van der Waals surface area (Å²) in [5, 5.41) is 3.26. The zero-order valence-corrected chi connectivity index (χ0v) is 13.2. The number of rotatable bonds is 8. The van der Waals surface area contributed by atoms with Gasteiger partial charge in [-0.05, 0) is 31.5 Å². The molecule has 0 aliphatic carbocycles. The third-order valence-corrected chi connectivity index (χ3v) is 4.41. The van der Waals surface area contributed by atoms with Crippen LogP contribution in [0.5, 0.6) is 11.5 Å². The number of hydrogen-bond donors (Lipinski definition) is 2. The lowest BCUT2D eigenvalue weighted by Crippen LogP contribution is -2.24. The lowest BCUT2D eigenvalue weighted by Gasteiger charge is -2.10. The first-order chi connectivity index (χ1) is 9.96. The van der Waals surface area contributed by atoms with Crippen molar-refractivity contribution in [2.45, 2.75) is 32.7 Å². The highest BCUT2D eigenvalue weighted by Crippen LogP contribution is 2.34. The molecule has 6 nitrogen and oxygen atoms in total. The van der Waals surface area contributed by atoms with Crippen LogP contribution in [-0.4, -0.2) is 33.6 Å². The molecule has 0 fully saturated rings. The van der Waals surface area contributed by atoms with Crippen LogP contribution in [0.15, 0.2) is 18.2 Å². The molecule has 1 aromatic rings. The Morgan fingerprint density at radius 1 is 1.19 bits per heavy atom. The van der Waals surface area contributed by atoms with Crippen molar-refractivity contribution in [2.75, 3.05) is 23.8 Å². The summed E-state index contributed by atoms with van der Waals surface area (Å²) in [5.74, 6) is 1.32. The molecule has 2 rings (SSSR count). The summed E-state index contributed by atoms with van der Waals surface area (Å²) >= 11 is 0. The van der Waals surface area contributed by atoms with Gasteiger partial charge in [-0.3, -0.25) is 4.72 Å². The van der Waals surface area contributed by atoms with Crippen LogP contribution < -0.4 is 19.5 Å². The monoisotopic (exact) mass is 314 g/mol. The number of ether oxygens (including phenoxy) is 2. The average molecular weight is 314 g/mol. The zero-order chi connectivity index (χ0) is 15.3. The van der Waals surface area contributed by atoms with E-state index in [1.54, 1.807) is 18.2 Å². The Balaban J connectivity index is 1.81. The minimum Gasteiger partial charge on any atom is -0.454 e. The quantitative estimate of drug-likeness (QED) is 0.717. The van der Waals surface area contributed by atoms with Crippen LogP contribution in [0.3, 0.4) is 0 Å². The summed E-state index contributed by atoms with van der Waals surface area (Å²) in [7, 11) is -3.33. The van der Waals surface area contributed by atoms with E-state index in [4.69, 9.17) is 9.47 Å². The lowest BCUT2D eigenvalue weighted by molar-refractivity contribution is 0.174. The first-order valence-corrected chi connectivity index (χ1v) is 8.75. The predicted molar refractivity (Wildman–Crippen MR) is 82.3 cm³/mol. The predicted octanol–water partition coefficient (Wildman–Crippen LogP) is 1.94. The van der Waals surface area contributed by atoms with Gasteiger partial charge in [0.05, 0.1) is 11.4 Å². The molecule has 7 heteroatoms. The van der Waals surface area contributed by atoms with Crippen LogP contribution in [0.2, 0.25) is 0 Å². The number of anilines is 1. The summed E-state index contributed by atoms with van der Waals surface area (Å²) in [6, 6.07) is 5.44. The van der Waals surface area contributed by atoms with Gasteiger partial charge >= 0.3 is 0 Å². The third kappa shape index (κ3) is 5.09. The van der Waals surface area contributed by atoms with E-state index in [-0.39, 0.29) is 12.5 Å². The van der Waals surface area contributed by atoms with Crippen LogP contribution in [0.4, 0.5) is 5.69 Å². The van der Waals surface area contributed by atoms with E-state index in [2.05, 4.69) is 23.9 Å². The van der Waals surface area contributed by atoms with Gasteiger partial charge in [0.2, 0.25) is 16.8 Å². The number of hydrogen-bond acceptors (Lipinski definition) is 5. The number of fused-ring (bicyclic) bond motifs is 1. The zero-order valence-electron chi connectivity index (χ0n) is 12.4. The van der Waals surface area contributed by atoms with Crippen molar-refractivity contribution >= 4 is 15.7 Å². The smallest absolute Gasteiger partial charge is 0.232 e. The molecule has 118 valence electrons. The molecule has 2 N–H and O–H groups in total. The molecular formula is C14H22N2O4S. The summed E-state index contributed by atoms with van der Waals surface area (Å²) in [6.07, 6.45) is 1.46. The molecule has 0 unspecified atom stereocenters. The van der Waals surface area contributed by atoms with Crippen LogP contribution >= 0.6 is 0 Å². The van der Waals surface area contributed by atoms with Crippen molar-refractivity contribution in [3.8, 4) is 11.5 Å². The minimum atomic E-state index is -3.33. The fourth-order valence-corrected chi connectivity index (χ4v) is 3.17. The largest absolute Gasteiger partial charge is 0.454 e. The normalized spacial score (nSPS) is 13.7. The second-order valence-corrected chi connectivity index (χ2v) is 7.15. The molecule has 1 aliphatic rings. The Morgan fingerprint density at radius 2 is 1.95 bits per heavy atom.